The van der Waals surface area contributed by atoms with E-state index in [0.29, 0.717) is 27.9 Å². The van der Waals surface area contributed by atoms with Crippen molar-refractivity contribution in [2.24, 2.45) is 0 Å². The molecule has 3 nitrogen and oxygen atoms in total. The van der Waals surface area contributed by atoms with Gasteiger partial charge in [0.15, 0.2) is 0 Å². The molecule has 2 aliphatic rings. The normalized spacial score (nSPS) is 27.3. The molecule has 0 spiro atoms. The molecule has 1 aromatic carbocycles. The molecule has 5 heteroatoms. The first-order valence-corrected chi connectivity index (χ1v) is 7.05. The second-order valence-electron chi connectivity index (χ2n) is 4.93. The summed E-state index contributed by atoms with van der Waals surface area (Å²) >= 11 is 12.6. The van der Waals surface area contributed by atoms with E-state index in [0.717, 1.165) is 31.7 Å². The maximum atomic E-state index is 6.31. The van der Waals surface area contributed by atoms with Gasteiger partial charge in [0.05, 0.1) is 34.5 Å². The van der Waals surface area contributed by atoms with Crippen molar-refractivity contribution in [3.05, 3.63) is 22.2 Å². The van der Waals surface area contributed by atoms with Crippen LogP contribution in [0.5, 0.6) is 0 Å². The molecule has 2 N–H and O–H groups in total. The van der Waals surface area contributed by atoms with Crippen LogP contribution in [0, 0.1) is 0 Å². The molecule has 2 fully saturated rings. The van der Waals surface area contributed by atoms with E-state index >= 15 is 0 Å². The summed E-state index contributed by atoms with van der Waals surface area (Å²) in [5.74, 6) is 0. The monoisotopic (exact) mass is 286 g/mol. The Hall–Kier alpha value is -0.640. The number of ether oxygens (including phenoxy) is 1. The summed E-state index contributed by atoms with van der Waals surface area (Å²) in [5, 5.41) is 1.26. The SMILES string of the molecule is Nc1cc(Cl)c(N2CCOC3CCCC32)c(Cl)c1. The number of hydrogen-bond donors (Lipinski definition) is 1. The fourth-order valence-corrected chi connectivity index (χ4v) is 3.78. The Labute approximate surface area is 117 Å². The molecular weight excluding hydrogens is 271 g/mol. The van der Waals surface area contributed by atoms with E-state index in [4.69, 9.17) is 33.7 Å². The van der Waals surface area contributed by atoms with Gasteiger partial charge in [-0.05, 0) is 31.4 Å². The summed E-state index contributed by atoms with van der Waals surface area (Å²) in [6, 6.07) is 3.93. The fraction of sp³-hybridized carbons (Fsp3) is 0.538. The zero-order valence-corrected chi connectivity index (χ0v) is 11.5. The maximum Gasteiger partial charge on any atom is 0.0779 e. The van der Waals surface area contributed by atoms with Gasteiger partial charge in [0, 0.05) is 12.2 Å². The lowest BCUT2D eigenvalue weighted by Gasteiger charge is -2.40. The van der Waals surface area contributed by atoms with Crippen LogP contribution < -0.4 is 10.6 Å². The van der Waals surface area contributed by atoms with Gasteiger partial charge in [-0.1, -0.05) is 23.2 Å². The van der Waals surface area contributed by atoms with E-state index in [1.54, 1.807) is 12.1 Å². The van der Waals surface area contributed by atoms with Crippen LogP contribution in [0.3, 0.4) is 0 Å². The van der Waals surface area contributed by atoms with E-state index in [9.17, 15) is 0 Å². The summed E-state index contributed by atoms with van der Waals surface area (Å²) < 4.78 is 5.80. The lowest BCUT2D eigenvalue weighted by Crippen LogP contribution is -2.48. The first-order valence-electron chi connectivity index (χ1n) is 6.29. The van der Waals surface area contributed by atoms with E-state index in [1.807, 2.05) is 0 Å². The summed E-state index contributed by atoms with van der Waals surface area (Å²) in [4.78, 5) is 2.30. The number of nitrogens with zero attached hydrogens (tertiary/aromatic N) is 1. The Morgan fingerprint density at radius 2 is 1.94 bits per heavy atom. The minimum Gasteiger partial charge on any atom is -0.399 e. The highest BCUT2D eigenvalue weighted by Gasteiger charge is 2.37. The average molecular weight is 287 g/mol. The fourth-order valence-electron chi connectivity index (χ4n) is 3.06. The molecule has 1 aromatic rings. The number of morpholine rings is 1. The van der Waals surface area contributed by atoms with Gasteiger partial charge in [0.25, 0.3) is 0 Å². The van der Waals surface area contributed by atoms with Crippen molar-refractivity contribution in [2.75, 3.05) is 23.8 Å². The minimum absolute atomic E-state index is 0.323. The number of nitrogens with two attached hydrogens (primary N) is 1. The molecule has 0 amide bonds. The second-order valence-corrected chi connectivity index (χ2v) is 5.75. The van der Waals surface area contributed by atoms with Crippen LogP contribution in [-0.2, 0) is 4.74 Å². The van der Waals surface area contributed by atoms with Crippen LogP contribution >= 0.6 is 23.2 Å². The van der Waals surface area contributed by atoms with Gasteiger partial charge in [0.1, 0.15) is 0 Å². The summed E-state index contributed by atoms with van der Waals surface area (Å²) in [5.41, 5.74) is 7.26. The number of nitrogen functional groups attached to an aromatic ring is 1. The zero-order chi connectivity index (χ0) is 12.7. The van der Waals surface area contributed by atoms with Crippen molar-refractivity contribution in [1.29, 1.82) is 0 Å². The van der Waals surface area contributed by atoms with E-state index in [-0.39, 0.29) is 0 Å². The standard InChI is InChI=1S/C13H16Cl2N2O/c14-9-6-8(16)7-10(15)13(9)17-4-5-18-12-3-1-2-11(12)17/h6-7,11-12H,1-5,16H2. The first-order chi connectivity index (χ1) is 8.66. The van der Waals surface area contributed by atoms with Crippen LogP contribution in [0.15, 0.2) is 12.1 Å². The molecule has 3 rings (SSSR count). The summed E-state index contributed by atoms with van der Waals surface area (Å²) in [6.45, 7) is 1.57. The third kappa shape index (κ3) is 2.04. The van der Waals surface area contributed by atoms with Crippen molar-refractivity contribution in [3.63, 3.8) is 0 Å². The smallest absolute Gasteiger partial charge is 0.0779 e. The number of benzene rings is 1. The molecule has 0 radical (unpaired) electrons. The molecule has 1 saturated heterocycles. The van der Waals surface area contributed by atoms with Gasteiger partial charge >= 0.3 is 0 Å². The Morgan fingerprint density at radius 3 is 2.67 bits per heavy atom. The molecule has 1 aliphatic heterocycles. The number of halogens is 2. The predicted octanol–water partition coefficient (Wildman–Crippen LogP) is 3.33. The molecule has 2 unspecified atom stereocenters. The third-order valence-corrected chi connectivity index (χ3v) is 4.38. The van der Waals surface area contributed by atoms with Crippen LogP contribution in [0.4, 0.5) is 11.4 Å². The highest BCUT2D eigenvalue weighted by atomic mass is 35.5. The third-order valence-electron chi connectivity index (χ3n) is 3.81. The topological polar surface area (TPSA) is 38.5 Å². The molecule has 0 bridgehead atoms. The molecule has 1 heterocycles. The number of rotatable bonds is 1. The van der Waals surface area contributed by atoms with Crippen LogP contribution in [0.1, 0.15) is 19.3 Å². The first kappa shape index (κ1) is 12.4. The van der Waals surface area contributed by atoms with E-state index in [2.05, 4.69) is 4.90 Å². The van der Waals surface area contributed by atoms with Gasteiger partial charge in [-0.3, -0.25) is 0 Å². The minimum atomic E-state index is 0.323. The van der Waals surface area contributed by atoms with Crippen molar-refractivity contribution in [3.8, 4) is 0 Å². The van der Waals surface area contributed by atoms with Crippen molar-refractivity contribution in [2.45, 2.75) is 31.4 Å². The highest BCUT2D eigenvalue weighted by molar-refractivity contribution is 6.39. The maximum absolute atomic E-state index is 6.31. The predicted molar refractivity (Wildman–Crippen MR) is 75.6 cm³/mol. The van der Waals surface area contributed by atoms with Gasteiger partial charge in [-0.15, -0.1) is 0 Å². The molecule has 98 valence electrons. The number of hydrogen-bond acceptors (Lipinski definition) is 3. The quantitative estimate of drug-likeness (QED) is 0.805. The largest absolute Gasteiger partial charge is 0.399 e. The molecule has 18 heavy (non-hydrogen) atoms. The van der Waals surface area contributed by atoms with Crippen LogP contribution in [0.25, 0.3) is 0 Å². The Bertz CT molecular complexity index is 443. The number of fused-ring (bicyclic) bond motifs is 1. The molecule has 2 atom stereocenters. The average Bonchev–Trinajstić information content (AvgIpc) is 2.76. The van der Waals surface area contributed by atoms with Gasteiger partial charge in [0.2, 0.25) is 0 Å². The summed E-state index contributed by atoms with van der Waals surface area (Å²) in [6.07, 6.45) is 3.80. The molecule has 1 aliphatic carbocycles. The van der Waals surface area contributed by atoms with Crippen molar-refractivity contribution < 1.29 is 4.74 Å². The number of anilines is 2. The zero-order valence-electron chi connectivity index (χ0n) is 10.0. The summed E-state index contributed by atoms with van der Waals surface area (Å²) in [7, 11) is 0. The second kappa shape index (κ2) is 4.80. The lowest BCUT2D eigenvalue weighted by molar-refractivity contribution is 0.0256. The lowest BCUT2D eigenvalue weighted by atomic mass is 10.1. The Kier molecular flexibility index (Phi) is 3.31. The van der Waals surface area contributed by atoms with Crippen molar-refractivity contribution in [1.82, 2.24) is 0 Å². The van der Waals surface area contributed by atoms with E-state index in [1.165, 1.54) is 6.42 Å². The van der Waals surface area contributed by atoms with Crippen LogP contribution in [-0.4, -0.2) is 25.3 Å². The van der Waals surface area contributed by atoms with Crippen molar-refractivity contribution >= 4 is 34.6 Å². The van der Waals surface area contributed by atoms with Gasteiger partial charge < -0.3 is 15.4 Å². The van der Waals surface area contributed by atoms with Gasteiger partial charge in [-0.25, -0.2) is 0 Å². The molecule has 0 aromatic heterocycles. The van der Waals surface area contributed by atoms with Gasteiger partial charge in [-0.2, -0.15) is 0 Å². The Morgan fingerprint density at radius 1 is 1.22 bits per heavy atom. The van der Waals surface area contributed by atoms with E-state index < -0.39 is 0 Å². The Balaban J connectivity index is 1.98. The van der Waals surface area contributed by atoms with Crippen LogP contribution in [0.2, 0.25) is 10.0 Å². The highest BCUT2D eigenvalue weighted by Crippen LogP contribution is 2.41. The molecule has 1 saturated carbocycles. The molecular formula is C13H16Cl2N2O.